The average molecular weight is 194 g/mol. The maximum absolute atomic E-state index is 10.9. The maximum atomic E-state index is 10.9. The molecule has 1 fully saturated rings. The van der Waals surface area contributed by atoms with E-state index in [1.54, 1.807) is 6.08 Å². The van der Waals surface area contributed by atoms with Gasteiger partial charge in [0.2, 0.25) is 0 Å². The van der Waals surface area contributed by atoms with Crippen molar-refractivity contribution in [2.24, 2.45) is 11.8 Å². The van der Waals surface area contributed by atoms with Crippen LogP contribution in [0.15, 0.2) is 11.6 Å². The number of esters is 1. The second-order valence-corrected chi connectivity index (χ2v) is 4.43. The largest absolute Gasteiger partial charge is 0.458 e. The number of rotatable bonds is 5. The van der Waals surface area contributed by atoms with Crippen molar-refractivity contribution in [2.75, 3.05) is 6.61 Å². The highest BCUT2D eigenvalue weighted by molar-refractivity contribution is 5.85. The van der Waals surface area contributed by atoms with Crippen molar-refractivity contribution < 1.29 is 9.53 Å². The molecule has 2 aliphatic rings. The molecule has 0 radical (unpaired) electrons. The molecule has 0 N–H and O–H groups in total. The molecule has 0 unspecified atom stereocenters. The molecule has 0 saturated heterocycles. The maximum Gasteiger partial charge on any atom is 0.331 e. The third kappa shape index (κ3) is 2.17. The summed E-state index contributed by atoms with van der Waals surface area (Å²) in [5.41, 5.74) is 1.25. The zero-order valence-corrected chi connectivity index (χ0v) is 8.79. The summed E-state index contributed by atoms with van der Waals surface area (Å²) in [6.45, 7) is 2.80. The highest BCUT2D eigenvalue weighted by Gasteiger charge is 2.40. The highest BCUT2D eigenvalue weighted by Crippen LogP contribution is 2.48. The Bertz CT molecular complexity index is 255. The molecule has 0 aromatic heterocycles. The molecule has 2 heteroatoms. The van der Waals surface area contributed by atoms with Gasteiger partial charge in [-0.05, 0) is 30.3 Å². The summed E-state index contributed by atoms with van der Waals surface area (Å²) < 4.78 is 4.91. The van der Waals surface area contributed by atoms with Gasteiger partial charge in [-0.25, -0.2) is 4.79 Å². The minimum atomic E-state index is -0.140. The Morgan fingerprint density at radius 1 is 1.50 bits per heavy atom. The van der Waals surface area contributed by atoms with Crippen LogP contribution < -0.4 is 0 Å². The van der Waals surface area contributed by atoms with E-state index in [9.17, 15) is 4.79 Å². The van der Waals surface area contributed by atoms with Crippen LogP contribution in [-0.2, 0) is 9.53 Å². The summed E-state index contributed by atoms with van der Waals surface area (Å²) in [5, 5.41) is 0. The quantitative estimate of drug-likeness (QED) is 0.497. The number of carbonyl (C=O) groups excluding carboxylic acids is 1. The van der Waals surface area contributed by atoms with E-state index in [1.165, 1.54) is 37.7 Å². The van der Waals surface area contributed by atoms with Crippen LogP contribution in [0.25, 0.3) is 0 Å². The van der Waals surface area contributed by atoms with Crippen LogP contribution in [0.3, 0.4) is 0 Å². The van der Waals surface area contributed by atoms with Gasteiger partial charge in [-0.1, -0.05) is 26.2 Å². The second-order valence-electron chi connectivity index (χ2n) is 4.43. The minimum absolute atomic E-state index is 0.140. The smallest absolute Gasteiger partial charge is 0.331 e. The first-order valence-electron chi connectivity index (χ1n) is 5.68. The van der Waals surface area contributed by atoms with E-state index >= 15 is 0 Å². The Kier molecular flexibility index (Phi) is 2.90. The fourth-order valence-corrected chi connectivity index (χ4v) is 2.28. The summed E-state index contributed by atoms with van der Waals surface area (Å²) in [6.07, 6.45) is 8.31. The first-order chi connectivity index (χ1) is 6.81. The van der Waals surface area contributed by atoms with Crippen molar-refractivity contribution in [3.63, 3.8) is 0 Å². The van der Waals surface area contributed by atoms with Crippen LogP contribution in [-0.4, -0.2) is 12.6 Å². The van der Waals surface area contributed by atoms with Gasteiger partial charge in [0.05, 0.1) is 0 Å². The van der Waals surface area contributed by atoms with Crippen molar-refractivity contribution in [3.8, 4) is 0 Å². The molecule has 0 bridgehead atoms. The van der Waals surface area contributed by atoms with Crippen molar-refractivity contribution in [3.05, 3.63) is 11.6 Å². The topological polar surface area (TPSA) is 26.3 Å². The van der Waals surface area contributed by atoms with Crippen LogP contribution in [0.2, 0.25) is 0 Å². The molecule has 2 rings (SSSR count). The van der Waals surface area contributed by atoms with Crippen molar-refractivity contribution >= 4 is 5.97 Å². The Labute approximate surface area is 85.3 Å². The first kappa shape index (κ1) is 9.75. The molecule has 1 heterocycles. The molecule has 2 atom stereocenters. The van der Waals surface area contributed by atoms with Gasteiger partial charge >= 0.3 is 5.97 Å². The number of cyclic esters (lactones) is 1. The lowest BCUT2D eigenvalue weighted by Gasteiger charge is -1.99. The minimum Gasteiger partial charge on any atom is -0.458 e. The van der Waals surface area contributed by atoms with Crippen LogP contribution in [0.1, 0.15) is 39.0 Å². The molecule has 14 heavy (non-hydrogen) atoms. The van der Waals surface area contributed by atoms with E-state index in [2.05, 4.69) is 6.92 Å². The van der Waals surface area contributed by atoms with Crippen LogP contribution >= 0.6 is 0 Å². The summed E-state index contributed by atoms with van der Waals surface area (Å²) in [7, 11) is 0. The molecule has 1 saturated carbocycles. The van der Waals surface area contributed by atoms with Gasteiger partial charge in [-0.3, -0.25) is 0 Å². The third-order valence-electron chi connectivity index (χ3n) is 3.26. The highest BCUT2D eigenvalue weighted by atomic mass is 16.5. The van der Waals surface area contributed by atoms with Gasteiger partial charge < -0.3 is 4.74 Å². The Morgan fingerprint density at radius 2 is 2.36 bits per heavy atom. The van der Waals surface area contributed by atoms with Gasteiger partial charge in [0.1, 0.15) is 6.61 Å². The molecule has 1 aliphatic heterocycles. The molecule has 0 aromatic rings. The summed E-state index contributed by atoms with van der Waals surface area (Å²) in [6, 6.07) is 0. The number of ether oxygens (including phenoxy) is 1. The zero-order chi connectivity index (χ0) is 9.97. The summed E-state index contributed by atoms with van der Waals surface area (Å²) in [4.78, 5) is 10.9. The van der Waals surface area contributed by atoms with Gasteiger partial charge in [-0.15, -0.1) is 0 Å². The van der Waals surface area contributed by atoms with E-state index in [1.807, 2.05) is 0 Å². The standard InChI is InChI=1S/C12H18O2/c1-2-3-4-5-9-6-11(9)10-7-12(13)14-8-10/h7,9,11H,2-6,8H2,1H3/t9-,11-/m1/s1. The lowest BCUT2D eigenvalue weighted by Crippen LogP contribution is -1.94. The second kappa shape index (κ2) is 4.16. The van der Waals surface area contributed by atoms with Crippen LogP contribution in [0.4, 0.5) is 0 Å². The Morgan fingerprint density at radius 3 is 3.00 bits per heavy atom. The van der Waals surface area contributed by atoms with Gasteiger partial charge in [0.25, 0.3) is 0 Å². The monoisotopic (exact) mass is 194 g/mol. The Balaban J connectivity index is 1.71. The third-order valence-corrected chi connectivity index (χ3v) is 3.26. The van der Waals surface area contributed by atoms with E-state index in [0.717, 1.165) is 5.92 Å². The van der Waals surface area contributed by atoms with E-state index in [4.69, 9.17) is 4.74 Å². The SMILES string of the molecule is CCCCC[C@@H]1C[C@H]1C1=CC(=O)OC1. The molecular formula is C12H18O2. The molecule has 2 nitrogen and oxygen atoms in total. The number of hydrogen-bond acceptors (Lipinski definition) is 2. The molecule has 0 amide bonds. The van der Waals surface area contributed by atoms with Crippen molar-refractivity contribution in [1.82, 2.24) is 0 Å². The predicted octanol–water partition coefficient (Wildman–Crippen LogP) is 2.69. The van der Waals surface area contributed by atoms with Crippen LogP contribution in [0.5, 0.6) is 0 Å². The lowest BCUT2D eigenvalue weighted by molar-refractivity contribution is -0.134. The van der Waals surface area contributed by atoms with Crippen molar-refractivity contribution in [1.29, 1.82) is 0 Å². The van der Waals surface area contributed by atoms with Crippen molar-refractivity contribution in [2.45, 2.75) is 39.0 Å². The normalized spacial score (nSPS) is 30.1. The van der Waals surface area contributed by atoms with E-state index < -0.39 is 0 Å². The molecule has 1 aliphatic carbocycles. The fourth-order valence-electron chi connectivity index (χ4n) is 2.28. The van der Waals surface area contributed by atoms with Gasteiger partial charge in [0.15, 0.2) is 0 Å². The van der Waals surface area contributed by atoms with Crippen LogP contribution in [0, 0.1) is 11.8 Å². The van der Waals surface area contributed by atoms with Gasteiger partial charge in [-0.2, -0.15) is 0 Å². The number of carbonyl (C=O) groups is 1. The Hall–Kier alpha value is -0.790. The molecule has 0 spiro atoms. The summed E-state index contributed by atoms with van der Waals surface area (Å²) >= 11 is 0. The zero-order valence-electron chi connectivity index (χ0n) is 8.79. The number of hydrogen-bond donors (Lipinski definition) is 0. The molecule has 78 valence electrons. The first-order valence-corrected chi connectivity index (χ1v) is 5.68. The van der Waals surface area contributed by atoms with Gasteiger partial charge in [0, 0.05) is 6.08 Å². The number of unbranched alkanes of at least 4 members (excludes halogenated alkanes) is 2. The average Bonchev–Trinajstić information content (AvgIpc) is 2.81. The van der Waals surface area contributed by atoms with E-state index in [0.29, 0.717) is 12.5 Å². The van der Waals surface area contributed by atoms with E-state index in [-0.39, 0.29) is 5.97 Å². The fraction of sp³-hybridized carbons (Fsp3) is 0.750. The lowest BCUT2D eigenvalue weighted by atomic mass is 10.1. The molecule has 0 aromatic carbocycles. The molecular weight excluding hydrogens is 176 g/mol. The predicted molar refractivity (Wildman–Crippen MR) is 54.8 cm³/mol. The summed E-state index contributed by atoms with van der Waals surface area (Å²) in [5.74, 6) is 1.39.